The van der Waals surface area contributed by atoms with Gasteiger partial charge in [0.1, 0.15) is 0 Å². The Kier molecular flexibility index (Phi) is 6.36. The first-order valence-corrected chi connectivity index (χ1v) is 11.1. The molecular formula is C19H28N4O4S. The van der Waals surface area contributed by atoms with E-state index in [0.29, 0.717) is 44.7 Å². The highest BCUT2D eigenvalue weighted by Crippen LogP contribution is 2.25. The van der Waals surface area contributed by atoms with Crippen molar-refractivity contribution in [2.45, 2.75) is 31.6 Å². The summed E-state index contributed by atoms with van der Waals surface area (Å²) in [6.07, 6.45) is 1.38. The minimum absolute atomic E-state index is 0.0786. The molecule has 2 saturated heterocycles. The molecule has 2 fully saturated rings. The van der Waals surface area contributed by atoms with Gasteiger partial charge in [-0.25, -0.2) is 13.1 Å². The van der Waals surface area contributed by atoms with Gasteiger partial charge in [-0.05, 0) is 37.1 Å². The summed E-state index contributed by atoms with van der Waals surface area (Å²) < 4.78 is 28.0. The minimum atomic E-state index is -3.61. The second-order valence-corrected chi connectivity index (χ2v) is 9.08. The van der Waals surface area contributed by atoms with Gasteiger partial charge in [-0.1, -0.05) is 0 Å². The second kappa shape index (κ2) is 8.59. The van der Waals surface area contributed by atoms with Gasteiger partial charge < -0.3 is 9.80 Å². The van der Waals surface area contributed by atoms with Gasteiger partial charge >= 0.3 is 0 Å². The summed E-state index contributed by atoms with van der Waals surface area (Å²) in [7, 11) is -3.61. The Morgan fingerprint density at radius 3 is 2.43 bits per heavy atom. The maximum Gasteiger partial charge on any atom is 0.240 e. The molecule has 8 nitrogen and oxygen atoms in total. The highest BCUT2D eigenvalue weighted by molar-refractivity contribution is 7.89. The van der Waals surface area contributed by atoms with Gasteiger partial charge in [-0.15, -0.1) is 0 Å². The minimum Gasteiger partial charge on any atom is -0.340 e. The summed E-state index contributed by atoms with van der Waals surface area (Å²) in [5, 5.41) is 0. The molecule has 0 spiro atoms. The summed E-state index contributed by atoms with van der Waals surface area (Å²) in [6.45, 7) is 7.77. The smallest absolute Gasteiger partial charge is 0.240 e. The van der Waals surface area contributed by atoms with Crippen molar-refractivity contribution < 1.29 is 18.0 Å². The van der Waals surface area contributed by atoms with Crippen LogP contribution in [0.3, 0.4) is 0 Å². The van der Waals surface area contributed by atoms with Crippen molar-refractivity contribution in [3.05, 3.63) is 23.8 Å². The molecule has 1 aromatic carbocycles. The number of carbonyl (C=O) groups is 2. The zero-order valence-electron chi connectivity index (χ0n) is 16.5. The van der Waals surface area contributed by atoms with E-state index in [1.807, 2.05) is 0 Å². The summed E-state index contributed by atoms with van der Waals surface area (Å²) in [5.41, 5.74) is 1.38. The van der Waals surface area contributed by atoms with Crippen LogP contribution in [0.15, 0.2) is 23.1 Å². The van der Waals surface area contributed by atoms with Crippen LogP contribution >= 0.6 is 0 Å². The number of nitrogens with zero attached hydrogens (tertiary/aromatic N) is 3. The number of hydrogen-bond donors (Lipinski definition) is 1. The average Bonchev–Trinajstić information content (AvgIpc) is 3.07. The number of piperazine rings is 1. The molecule has 0 saturated carbocycles. The van der Waals surface area contributed by atoms with E-state index in [2.05, 4.69) is 9.62 Å². The van der Waals surface area contributed by atoms with Gasteiger partial charge in [-0.3, -0.25) is 14.5 Å². The molecule has 2 amide bonds. The monoisotopic (exact) mass is 408 g/mol. The van der Waals surface area contributed by atoms with E-state index in [4.69, 9.17) is 0 Å². The van der Waals surface area contributed by atoms with Crippen LogP contribution < -0.4 is 9.62 Å². The first-order valence-electron chi connectivity index (χ1n) is 9.66. The highest BCUT2D eigenvalue weighted by Gasteiger charge is 2.24. The number of nitrogens with one attached hydrogen (secondary N) is 1. The van der Waals surface area contributed by atoms with Crippen LogP contribution in [0.25, 0.3) is 0 Å². The van der Waals surface area contributed by atoms with Gasteiger partial charge in [0.05, 0.1) is 4.90 Å². The number of anilines is 1. The van der Waals surface area contributed by atoms with Crippen LogP contribution in [0.5, 0.6) is 0 Å². The molecule has 0 aliphatic carbocycles. The van der Waals surface area contributed by atoms with Gasteiger partial charge in [0, 0.05) is 64.8 Å². The number of sulfonamides is 1. The van der Waals surface area contributed by atoms with Gasteiger partial charge in [0.2, 0.25) is 21.8 Å². The summed E-state index contributed by atoms with van der Waals surface area (Å²) in [5.74, 6) is 0.160. The maximum atomic E-state index is 12.7. The van der Waals surface area contributed by atoms with Crippen molar-refractivity contribution in [2.75, 3.05) is 50.7 Å². The first-order chi connectivity index (χ1) is 13.3. The Balaban J connectivity index is 1.56. The van der Waals surface area contributed by atoms with E-state index in [1.165, 1.54) is 0 Å². The van der Waals surface area contributed by atoms with Crippen LogP contribution in [-0.2, 0) is 19.6 Å². The largest absolute Gasteiger partial charge is 0.340 e. The predicted molar refractivity (Wildman–Crippen MR) is 107 cm³/mol. The number of rotatable bonds is 6. The van der Waals surface area contributed by atoms with Crippen LogP contribution in [0.1, 0.15) is 25.3 Å². The lowest BCUT2D eigenvalue weighted by Crippen LogP contribution is -2.49. The van der Waals surface area contributed by atoms with Crippen molar-refractivity contribution in [3.8, 4) is 0 Å². The fourth-order valence-corrected chi connectivity index (χ4v) is 4.97. The molecule has 1 aromatic rings. The van der Waals surface area contributed by atoms with E-state index >= 15 is 0 Å². The van der Waals surface area contributed by atoms with Crippen LogP contribution in [0, 0.1) is 6.92 Å². The van der Waals surface area contributed by atoms with Crippen molar-refractivity contribution in [1.29, 1.82) is 0 Å². The zero-order valence-corrected chi connectivity index (χ0v) is 17.3. The van der Waals surface area contributed by atoms with Gasteiger partial charge in [-0.2, -0.15) is 0 Å². The Bertz CT molecular complexity index is 847. The van der Waals surface area contributed by atoms with Gasteiger partial charge in [0.25, 0.3) is 0 Å². The number of amides is 2. The highest BCUT2D eigenvalue weighted by atomic mass is 32.2. The van der Waals surface area contributed by atoms with E-state index in [0.717, 1.165) is 25.2 Å². The molecular weight excluding hydrogens is 380 g/mol. The molecule has 2 aliphatic rings. The lowest BCUT2D eigenvalue weighted by atomic mass is 10.2. The summed E-state index contributed by atoms with van der Waals surface area (Å²) in [4.78, 5) is 29.1. The molecule has 0 radical (unpaired) electrons. The van der Waals surface area contributed by atoms with Crippen LogP contribution in [0.4, 0.5) is 5.69 Å². The molecule has 28 heavy (non-hydrogen) atoms. The molecule has 3 rings (SSSR count). The van der Waals surface area contributed by atoms with Crippen molar-refractivity contribution in [3.63, 3.8) is 0 Å². The lowest BCUT2D eigenvalue weighted by Gasteiger charge is -2.34. The van der Waals surface area contributed by atoms with E-state index < -0.39 is 10.0 Å². The van der Waals surface area contributed by atoms with Crippen LogP contribution in [0.2, 0.25) is 0 Å². The SMILES string of the molecule is CC(=O)N1CCN(CCNS(=O)(=O)c2ccc(N3CCCC3=O)cc2C)CC1. The van der Waals surface area contributed by atoms with Crippen molar-refractivity contribution >= 4 is 27.5 Å². The third kappa shape index (κ3) is 4.71. The third-order valence-electron chi connectivity index (χ3n) is 5.37. The number of aryl methyl sites for hydroxylation is 1. The Hall–Kier alpha value is -1.97. The number of benzene rings is 1. The molecule has 0 atom stereocenters. The zero-order chi connectivity index (χ0) is 20.3. The van der Waals surface area contributed by atoms with E-state index in [-0.39, 0.29) is 16.7 Å². The topological polar surface area (TPSA) is 90.0 Å². The quantitative estimate of drug-likeness (QED) is 0.743. The lowest BCUT2D eigenvalue weighted by molar-refractivity contribution is -0.130. The number of hydrogen-bond acceptors (Lipinski definition) is 5. The molecule has 0 bridgehead atoms. The maximum absolute atomic E-state index is 12.7. The average molecular weight is 409 g/mol. The number of carbonyl (C=O) groups excluding carboxylic acids is 2. The third-order valence-corrected chi connectivity index (χ3v) is 6.99. The molecule has 2 aliphatic heterocycles. The molecule has 2 heterocycles. The normalized spacial score (nSPS) is 18.7. The van der Waals surface area contributed by atoms with Crippen molar-refractivity contribution in [2.24, 2.45) is 0 Å². The first kappa shape index (κ1) is 20.8. The van der Waals surface area contributed by atoms with Gasteiger partial charge in [0.15, 0.2) is 0 Å². The summed E-state index contributed by atoms with van der Waals surface area (Å²) >= 11 is 0. The van der Waals surface area contributed by atoms with E-state index in [1.54, 1.807) is 41.8 Å². The summed E-state index contributed by atoms with van der Waals surface area (Å²) in [6, 6.07) is 5.04. The molecule has 9 heteroatoms. The standard InChI is InChI=1S/C19H28N4O4S/c1-15-14-17(23-8-3-4-19(23)25)5-6-18(15)28(26,27)20-7-9-21-10-12-22(13-11-21)16(2)24/h5-6,14,20H,3-4,7-13H2,1-2H3. The Labute approximate surface area is 166 Å². The molecule has 1 N–H and O–H groups in total. The fourth-order valence-electron chi connectivity index (χ4n) is 3.73. The Morgan fingerprint density at radius 2 is 1.86 bits per heavy atom. The molecule has 154 valence electrons. The van der Waals surface area contributed by atoms with E-state index in [9.17, 15) is 18.0 Å². The fraction of sp³-hybridized carbons (Fsp3) is 0.579. The molecule has 0 unspecified atom stereocenters. The predicted octanol–water partition coefficient (Wildman–Crippen LogP) is 0.564. The Morgan fingerprint density at radius 1 is 1.14 bits per heavy atom. The second-order valence-electron chi connectivity index (χ2n) is 7.34. The van der Waals surface area contributed by atoms with Crippen LogP contribution in [-0.4, -0.2) is 75.8 Å². The van der Waals surface area contributed by atoms with Crippen molar-refractivity contribution in [1.82, 2.24) is 14.5 Å². The molecule has 0 aromatic heterocycles.